The lowest BCUT2D eigenvalue weighted by atomic mass is 10.1. The van der Waals surface area contributed by atoms with Crippen LogP contribution in [-0.2, 0) is 12.8 Å². The highest BCUT2D eigenvalue weighted by molar-refractivity contribution is 5.24. The van der Waals surface area contributed by atoms with E-state index in [1.165, 1.54) is 0 Å². The molecule has 0 unspecified atom stereocenters. The Kier molecular flexibility index (Phi) is 5.07. The maximum atomic E-state index is 12.3. The van der Waals surface area contributed by atoms with Gasteiger partial charge >= 0.3 is 6.18 Å². The maximum absolute atomic E-state index is 12.3. The Labute approximate surface area is 105 Å². The Morgan fingerprint density at radius 1 is 1.11 bits per heavy atom. The molecule has 18 heavy (non-hydrogen) atoms. The van der Waals surface area contributed by atoms with E-state index in [1.807, 2.05) is 7.05 Å². The lowest BCUT2D eigenvalue weighted by Gasteiger charge is -2.12. The third-order valence-electron chi connectivity index (χ3n) is 2.68. The summed E-state index contributed by atoms with van der Waals surface area (Å²) in [6.07, 6.45) is -3.62. The number of hydrogen-bond donors (Lipinski definition) is 1. The van der Waals surface area contributed by atoms with Gasteiger partial charge in [0.2, 0.25) is 0 Å². The molecule has 1 rings (SSSR count). The third kappa shape index (κ3) is 4.60. The van der Waals surface area contributed by atoms with E-state index in [4.69, 9.17) is 0 Å². The maximum Gasteiger partial charge on any atom is 0.396 e. The average Bonchev–Trinajstić information content (AvgIpc) is 2.19. The average molecular weight is 261 g/mol. The Balaban J connectivity index is 2.84. The first-order chi connectivity index (χ1) is 8.33. The highest BCUT2D eigenvalue weighted by Gasteiger charge is 2.29. The van der Waals surface area contributed by atoms with Gasteiger partial charge in [-0.3, -0.25) is 0 Å². The summed E-state index contributed by atoms with van der Waals surface area (Å²) >= 11 is 0. The van der Waals surface area contributed by atoms with Crippen LogP contribution in [0.4, 0.5) is 13.2 Å². The zero-order valence-electron chi connectivity index (χ0n) is 10.9. The second-order valence-electron chi connectivity index (χ2n) is 4.29. The SMILES string of the molecule is CNCCCc1c(C)nc(CC(F)(F)F)nc1C. The fraction of sp³-hybridized carbons (Fsp3) is 0.667. The smallest absolute Gasteiger partial charge is 0.320 e. The van der Waals surface area contributed by atoms with Gasteiger partial charge in [0.05, 0.1) is 0 Å². The summed E-state index contributed by atoms with van der Waals surface area (Å²) in [6, 6.07) is 0. The standard InChI is InChI=1S/C12H18F3N3/c1-8-10(5-4-6-16-3)9(2)18-11(17-8)7-12(13,14)15/h16H,4-7H2,1-3H3. The van der Waals surface area contributed by atoms with Crippen molar-refractivity contribution in [1.29, 1.82) is 0 Å². The molecule has 0 radical (unpaired) electrons. The van der Waals surface area contributed by atoms with Crippen LogP contribution in [0.1, 0.15) is 29.2 Å². The molecule has 1 aromatic rings. The number of aryl methyl sites for hydroxylation is 2. The van der Waals surface area contributed by atoms with Crippen molar-refractivity contribution in [3.8, 4) is 0 Å². The fourth-order valence-corrected chi connectivity index (χ4v) is 1.87. The first kappa shape index (κ1) is 14.9. The molecular formula is C12H18F3N3. The quantitative estimate of drug-likeness (QED) is 0.827. The van der Waals surface area contributed by atoms with Gasteiger partial charge in [0, 0.05) is 11.4 Å². The normalized spacial score (nSPS) is 11.9. The van der Waals surface area contributed by atoms with Crippen molar-refractivity contribution in [2.24, 2.45) is 0 Å². The minimum Gasteiger partial charge on any atom is -0.320 e. The monoisotopic (exact) mass is 261 g/mol. The van der Waals surface area contributed by atoms with Crippen molar-refractivity contribution < 1.29 is 13.2 Å². The Morgan fingerprint density at radius 3 is 2.11 bits per heavy atom. The van der Waals surface area contributed by atoms with Crippen LogP contribution in [0.3, 0.4) is 0 Å². The molecule has 0 atom stereocenters. The summed E-state index contributed by atoms with van der Waals surface area (Å²) in [5.41, 5.74) is 2.26. The molecule has 0 saturated heterocycles. The highest BCUT2D eigenvalue weighted by atomic mass is 19.4. The van der Waals surface area contributed by atoms with Crippen LogP contribution in [0, 0.1) is 13.8 Å². The van der Waals surface area contributed by atoms with E-state index in [-0.39, 0.29) is 5.82 Å². The minimum atomic E-state index is -4.26. The summed E-state index contributed by atoms with van der Waals surface area (Å²) in [4.78, 5) is 7.89. The van der Waals surface area contributed by atoms with Gasteiger partial charge in [0.15, 0.2) is 0 Å². The van der Waals surface area contributed by atoms with Gasteiger partial charge in [-0.25, -0.2) is 9.97 Å². The summed E-state index contributed by atoms with van der Waals surface area (Å²) in [5.74, 6) is -0.144. The molecule has 0 aromatic carbocycles. The van der Waals surface area contributed by atoms with Crippen LogP contribution in [0.25, 0.3) is 0 Å². The van der Waals surface area contributed by atoms with Crippen LogP contribution in [0.15, 0.2) is 0 Å². The molecule has 0 fully saturated rings. The van der Waals surface area contributed by atoms with E-state index in [2.05, 4.69) is 15.3 Å². The molecule has 0 aliphatic rings. The fourth-order valence-electron chi connectivity index (χ4n) is 1.87. The van der Waals surface area contributed by atoms with Gasteiger partial charge in [-0.05, 0) is 45.8 Å². The zero-order chi connectivity index (χ0) is 13.8. The van der Waals surface area contributed by atoms with Gasteiger partial charge in [-0.2, -0.15) is 13.2 Å². The summed E-state index contributed by atoms with van der Waals surface area (Å²) in [7, 11) is 1.86. The van der Waals surface area contributed by atoms with Crippen LogP contribution >= 0.6 is 0 Å². The second kappa shape index (κ2) is 6.13. The molecule has 1 N–H and O–H groups in total. The highest BCUT2D eigenvalue weighted by Crippen LogP contribution is 2.21. The van der Waals surface area contributed by atoms with Crippen molar-refractivity contribution in [3.05, 3.63) is 22.8 Å². The molecule has 0 saturated carbocycles. The van der Waals surface area contributed by atoms with Crippen molar-refractivity contribution in [2.75, 3.05) is 13.6 Å². The molecule has 6 heteroatoms. The number of nitrogens with zero attached hydrogens (tertiary/aromatic N) is 2. The van der Waals surface area contributed by atoms with E-state index in [0.29, 0.717) is 11.4 Å². The minimum absolute atomic E-state index is 0.144. The Morgan fingerprint density at radius 2 is 1.67 bits per heavy atom. The van der Waals surface area contributed by atoms with Gasteiger partial charge in [0.25, 0.3) is 0 Å². The third-order valence-corrected chi connectivity index (χ3v) is 2.68. The van der Waals surface area contributed by atoms with Gasteiger partial charge in [-0.1, -0.05) is 0 Å². The number of rotatable bonds is 5. The van der Waals surface area contributed by atoms with Crippen molar-refractivity contribution >= 4 is 0 Å². The molecule has 0 amide bonds. The number of alkyl halides is 3. The molecular weight excluding hydrogens is 243 g/mol. The number of halogens is 3. The molecule has 3 nitrogen and oxygen atoms in total. The van der Waals surface area contributed by atoms with Crippen LogP contribution in [0.5, 0.6) is 0 Å². The molecule has 1 aromatic heterocycles. The van der Waals surface area contributed by atoms with Crippen molar-refractivity contribution in [1.82, 2.24) is 15.3 Å². The summed E-state index contributed by atoms with van der Waals surface area (Å²) in [5, 5.41) is 3.03. The van der Waals surface area contributed by atoms with Gasteiger partial charge in [-0.15, -0.1) is 0 Å². The van der Waals surface area contributed by atoms with E-state index in [9.17, 15) is 13.2 Å². The van der Waals surface area contributed by atoms with Crippen molar-refractivity contribution in [3.63, 3.8) is 0 Å². The van der Waals surface area contributed by atoms with Crippen LogP contribution < -0.4 is 5.32 Å². The molecule has 0 aliphatic carbocycles. The molecule has 0 aliphatic heterocycles. The zero-order valence-corrected chi connectivity index (χ0v) is 10.9. The van der Waals surface area contributed by atoms with E-state index >= 15 is 0 Å². The first-order valence-corrected chi connectivity index (χ1v) is 5.88. The predicted molar refractivity (Wildman–Crippen MR) is 63.5 cm³/mol. The molecule has 1 heterocycles. The molecule has 0 spiro atoms. The molecule has 102 valence electrons. The largest absolute Gasteiger partial charge is 0.396 e. The lowest BCUT2D eigenvalue weighted by molar-refractivity contribution is -0.128. The number of nitrogens with one attached hydrogen (secondary N) is 1. The topological polar surface area (TPSA) is 37.8 Å². The Hall–Kier alpha value is -1.17. The second-order valence-corrected chi connectivity index (χ2v) is 4.29. The van der Waals surface area contributed by atoms with Crippen LogP contribution in [0.2, 0.25) is 0 Å². The summed E-state index contributed by atoms with van der Waals surface area (Å²) in [6.45, 7) is 4.34. The number of hydrogen-bond acceptors (Lipinski definition) is 3. The summed E-state index contributed by atoms with van der Waals surface area (Å²) < 4.78 is 36.8. The van der Waals surface area contributed by atoms with Gasteiger partial charge < -0.3 is 5.32 Å². The van der Waals surface area contributed by atoms with E-state index < -0.39 is 12.6 Å². The van der Waals surface area contributed by atoms with Gasteiger partial charge in [0.1, 0.15) is 12.2 Å². The van der Waals surface area contributed by atoms with Crippen LogP contribution in [-0.4, -0.2) is 29.7 Å². The van der Waals surface area contributed by atoms with E-state index in [1.54, 1.807) is 13.8 Å². The number of aromatic nitrogens is 2. The first-order valence-electron chi connectivity index (χ1n) is 5.88. The van der Waals surface area contributed by atoms with Crippen molar-refractivity contribution in [2.45, 2.75) is 39.3 Å². The van der Waals surface area contributed by atoms with E-state index in [0.717, 1.165) is 24.9 Å². The Bertz CT molecular complexity index is 379. The predicted octanol–water partition coefficient (Wildman–Crippen LogP) is 2.35. The molecule has 0 bridgehead atoms. The lowest BCUT2D eigenvalue weighted by Crippen LogP contribution is -2.16.